The molecule has 0 radical (unpaired) electrons. The third-order valence-corrected chi connectivity index (χ3v) is 4.71. The molecule has 6 nitrogen and oxygen atoms in total. The smallest absolute Gasteiger partial charge is 0.294 e. The Labute approximate surface area is 121 Å². The van der Waals surface area contributed by atoms with Crippen molar-refractivity contribution in [2.45, 2.75) is 18.9 Å². The Balaban J connectivity index is 1.76. The topological polar surface area (TPSA) is 67.6 Å². The minimum absolute atomic E-state index is 0.134. The molecule has 2 aliphatic heterocycles. The van der Waals surface area contributed by atoms with Gasteiger partial charge >= 0.3 is 0 Å². The predicted molar refractivity (Wildman–Crippen MR) is 80.4 cm³/mol. The number of benzene rings is 1. The van der Waals surface area contributed by atoms with E-state index in [0.717, 1.165) is 37.4 Å². The Bertz CT molecular complexity index is 502. The molecule has 0 aliphatic carbocycles. The third kappa shape index (κ3) is 2.83. The van der Waals surface area contributed by atoms with Gasteiger partial charge in [0.15, 0.2) is 0 Å². The Hall–Kier alpha value is -1.47. The zero-order valence-corrected chi connectivity index (χ0v) is 11.9. The molecule has 0 bridgehead atoms. The van der Waals surface area contributed by atoms with Gasteiger partial charge in [0, 0.05) is 31.5 Å². The largest absolute Gasteiger partial charge is 0.377 e. The van der Waals surface area contributed by atoms with Gasteiger partial charge in [0.05, 0.1) is 16.7 Å². The molecule has 1 aromatic rings. The van der Waals surface area contributed by atoms with Crippen LogP contribution in [0.1, 0.15) is 12.8 Å². The molecule has 0 spiro atoms. The highest BCUT2D eigenvalue weighted by molar-refractivity contribution is 8.00. The van der Waals surface area contributed by atoms with Gasteiger partial charge in [0.25, 0.3) is 5.69 Å². The first-order chi connectivity index (χ1) is 9.74. The normalized spacial score (nSPS) is 21.6. The Morgan fingerprint density at radius 1 is 1.55 bits per heavy atom. The van der Waals surface area contributed by atoms with E-state index in [0.29, 0.717) is 12.2 Å². The Kier molecular flexibility index (Phi) is 3.98. The number of anilines is 2. The summed E-state index contributed by atoms with van der Waals surface area (Å²) < 4.78 is 7.43. The fourth-order valence-electron chi connectivity index (χ4n) is 2.30. The highest BCUT2D eigenvalue weighted by atomic mass is 32.2. The lowest BCUT2D eigenvalue weighted by Gasteiger charge is -2.26. The number of rotatable bonds is 5. The summed E-state index contributed by atoms with van der Waals surface area (Å²) >= 11 is 1.72. The third-order valence-electron chi connectivity index (χ3n) is 3.53. The first kappa shape index (κ1) is 13.5. The van der Waals surface area contributed by atoms with Crippen molar-refractivity contribution in [3.8, 4) is 0 Å². The first-order valence-corrected chi connectivity index (χ1v) is 7.72. The van der Waals surface area contributed by atoms with Crippen molar-refractivity contribution < 1.29 is 9.66 Å². The minimum atomic E-state index is -0.325. The van der Waals surface area contributed by atoms with Crippen LogP contribution in [-0.2, 0) is 4.74 Å². The second kappa shape index (κ2) is 5.88. The van der Waals surface area contributed by atoms with Gasteiger partial charge in [-0.1, -0.05) is 0 Å². The lowest BCUT2D eigenvalue weighted by Crippen LogP contribution is -2.33. The molecule has 7 heteroatoms. The molecular formula is C13H17N3O3S. The highest BCUT2D eigenvalue weighted by Gasteiger charge is 2.22. The van der Waals surface area contributed by atoms with Crippen LogP contribution in [-0.4, -0.2) is 36.5 Å². The number of nitro groups is 1. The summed E-state index contributed by atoms with van der Waals surface area (Å²) in [5.74, 6) is 1.08. The van der Waals surface area contributed by atoms with Crippen molar-refractivity contribution in [3.63, 3.8) is 0 Å². The highest BCUT2D eigenvalue weighted by Crippen LogP contribution is 2.34. The summed E-state index contributed by atoms with van der Waals surface area (Å²) in [4.78, 5) is 10.9. The molecule has 0 saturated carbocycles. The average molecular weight is 295 g/mol. The van der Waals surface area contributed by atoms with Crippen molar-refractivity contribution in [2.75, 3.05) is 35.1 Å². The molecule has 0 aromatic heterocycles. The van der Waals surface area contributed by atoms with Crippen molar-refractivity contribution in [1.82, 2.24) is 0 Å². The molecule has 2 heterocycles. The molecule has 20 heavy (non-hydrogen) atoms. The maximum Gasteiger partial charge on any atom is 0.294 e. The van der Waals surface area contributed by atoms with E-state index in [2.05, 4.69) is 9.62 Å². The summed E-state index contributed by atoms with van der Waals surface area (Å²) in [6.07, 6.45) is 2.32. The molecule has 3 rings (SSSR count). The van der Waals surface area contributed by atoms with E-state index in [4.69, 9.17) is 4.74 Å². The quantitative estimate of drug-likeness (QED) is 0.512. The maximum absolute atomic E-state index is 11.2. The van der Waals surface area contributed by atoms with E-state index >= 15 is 0 Å². The summed E-state index contributed by atoms with van der Waals surface area (Å²) in [6.45, 7) is 2.36. The van der Waals surface area contributed by atoms with E-state index in [-0.39, 0.29) is 16.7 Å². The van der Waals surface area contributed by atoms with Crippen LogP contribution < -0.4 is 9.62 Å². The van der Waals surface area contributed by atoms with Gasteiger partial charge in [-0.2, -0.15) is 0 Å². The Morgan fingerprint density at radius 2 is 2.40 bits per heavy atom. The number of nitrogens with zero attached hydrogens (tertiary/aromatic N) is 2. The zero-order chi connectivity index (χ0) is 13.9. The lowest BCUT2D eigenvalue weighted by molar-refractivity contribution is -0.383. The number of nitro benzene ring substituents is 1. The lowest BCUT2D eigenvalue weighted by atomic mass is 10.1. The first-order valence-electron chi connectivity index (χ1n) is 6.78. The molecule has 108 valence electrons. The number of ether oxygens (including phenoxy) is 1. The SMILES string of the molecule is O=[N+]([O-])c1cc(N2CCCS2)ccc1NC[C@@H]1CCO1. The minimum Gasteiger partial charge on any atom is -0.377 e. The second-order valence-corrected chi connectivity index (χ2v) is 6.02. The molecule has 0 amide bonds. The summed E-state index contributed by atoms with van der Waals surface area (Å²) in [7, 11) is 0. The van der Waals surface area contributed by atoms with E-state index in [9.17, 15) is 10.1 Å². The number of hydrogen-bond acceptors (Lipinski definition) is 6. The summed E-state index contributed by atoms with van der Waals surface area (Å²) in [6, 6.07) is 5.39. The van der Waals surface area contributed by atoms with Gasteiger partial charge in [-0.3, -0.25) is 10.1 Å². The molecular weight excluding hydrogens is 278 g/mol. The van der Waals surface area contributed by atoms with E-state index in [1.54, 1.807) is 24.1 Å². The average Bonchev–Trinajstić information content (AvgIpc) is 2.90. The van der Waals surface area contributed by atoms with Crippen LogP contribution in [0.3, 0.4) is 0 Å². The monoisotopic (exact) mass is 295 g/mol. The van der Waals surface area contributed by atoms with E-state index < -0.39 is 0 Å². The standard InChI is InChI=1S/C13H17N3O3S/c17-16(18)13-8-10(15-5-1-7-20-15)2-3-12(13)14-9-11-4-6-19-11/h2-3,8,11,14H,1,4-7,9H2/t11-/m0/s1. The van der Waals surface area contributed by atoms with Gasteiger partial charge in [-0.05, 0) is 36.9 Å². The van der Waals surface area contributed by atoms with Crippen LogP contribution in [0, 0.1) is 10.1 Å². The van der Waals surface area contributed by atoms with Gasteiger partial charge in [0.1, 0.15) is 5.69 Å². The van der Waals surface area contributed by atoms with Crippen molar-refractivity contribution >= 4 is 29.0 Å². The van der Waals surface area contributed by atoms with Gasteiger partial charge in [0.2, 0.25) is 0 Å². The second-order valence-electron chi connectivity index (χ2n) is 4.91. The van der Waals surface area contributed by atoms with Gasteiger partial charge in [-0.15, -0.1) is 0 Å². The maximum atomic E-state index is 11.2. The molecule has 1 aromatic carbocycles. The summed E-state index contributed by atoms with van der Waals surface area (Å²) in [5.41, 5.74) is 1.61. The van der Waals surface area contributed by atoms with Crippen molar-refractivity contribution in [3.05, 3.63) is 28.3 Å². The molecule has 1 atom stereocenters. The zero-order valence-electron chi connectivity index (χ0n) is 11.1. The number of nitrogens with one attached hydrogen (secondary N) is 1. The predicted octanol–water partition coefficient (Wildman–Crippen LogP) is 2.65. The molecule has 2 aliphatic rings. The van der Waals surface area contributed by atoms with Crippen LogP contribution in [0.15, 0.2) is 18.2 Å². The molecule has 0 unspecified atom stereocenters. The van der Waals surface area contributed by atoms with Crippen LogP contribution in [0.25, 0.3) is 0 Å². The molecule has 2 saturated heterocycles. The van der Waals surface area contributed by atoms with E-state index in [1.165, 1.54) is 0 Å². The van der Waals surface area contributed by atoms with Crippen LogP contribution in [0.2, 0.25) is 0 Å². The van der Waals surface area contributed by atoms with Crippen LogP contribution in [0.5, 0.6) is 0 Å². The van der Waals surface area contributed by atoms with Gasteiger partial charge in [-0.25, -0.2) is 0 Å². The van der Waals surface area contributed by atoms with E-state index in [1.807, 2.05) is 6.07 Å². The number of hydrogen-bond donors (Lipinski definition) is 1. The Morgan fingerprint density at radius 3 is 3.00 bits per heavy atom. The summed E-state index contributed by atoms with van der Waals surface area (Å²) in [5, 5.41) is 14.3. The fraction of sp³-hybridized carbons (Fsp3) is 0.538. The molecule has 1 N–H and O–H groups in total. The van der Waals surface area contributed by atoms with Crippen LogP contribution in [0.4, 0.5) is 17.1 Å². The van der Waals surface area contributed by atoms with Crippen molar-refractivity contribution in [1.29, 1.82) is 0 Å². The van der Waals surface area contributed by atoms with Gasteiger partial charge < -0.3 is 14.4 Å². The van der Waals surface area contributed by atoms with Crippen molar-refractivity contribution in [2.24, 2.45) is 0 Å². The fourth-order valence-corrected chi connectivity index (χ4v) is 3.30. The molecule has 2 fully saturated rings. The van der Waals surface area contributed by atoms with Crippen LogP contribution >= 0.6 is 11.9 Å².